The number of carbonyl (C=O) groups excluding carboxylic acids is 1. The first kappa shape index (κ1) is 19.0. The first-order chi connectivity index (χ1) is 12.5. The van der Waals surface area contributed by atoms with Gasteiger partial charge in [0.2, 0.25) is 0 Å². The summed E-state index contributed by atoms with van der Waals surface area (Å²) in [5, 5.41) is 5.42. The lowest BCUT2D eigenvalue weighted by Crippen LogP contribution is -2.29. The Morgan fingerprint density at radius 1 is 1.08 bits per heavy atom. The molecule has 0 atom stereocenters. The van der Waals surface area contributed by atoms with Gasteiger partial charge in [-0.25, -0.2) is 4.79 Å². The molecule has 2 rings (SSSR count). The summed E-state index contributed by atoms with van der Waals surface area (Å²) < 4.78 is 10.5. The number of carbonyl (C=O) groups is 1. The molecule has 26 heavy (non-hydrogen) atoms. The van der Waals surface area contributed by atoms with E-state index in [1.165, 1.54) is 7.11 Å². The van der Waals surface area contributed by atoms with Gasteiger partial charge in [0, 0.05) is 25.3 Å². The fourth-order valence-electron chi connectivity index (χ4n) is 2.27. The Balaban J connectivity index is 1.90. The molecule has 0 saturated carbocycles. The van der Waals surface area contributed by atoms with Crippen LogP contribution in [0.2, 0.25) is 0 Å². The molecule has 0 heterocycles. The van der Waals surface area contributed by atoms with Gasteiger partial charge in [-0.05, 0) is 36.4 Å². The molecule has 0 unspecified atom stereocenters. The molecule has 2 N–H and O–H groups in total. The van der Waals surface area contributed by atoms with Crippen LogP contribution in [0.3, 0.4) is 0 Å². The minimum atomic E-state index is -0.367. The molecule has 0 aliphatic rings. The molecule has 0 saturated heterocycles. The van der Waals surface area contributed by atoms with Crippen LogP contribution >= 0.6 is 0 Å². The maximum Gasteiger partial charge on any atom is 0.320 e. The summed E-state index contributed by atoms with van der Waals surface area (Å²) >= 11 is 0. The molecule has 0 radical (unpaired) electrons. The lowest BCUT2D eigenvalue weighted by molar-refractivity contribution is 0.253. The standard InChI is InChI=1S/C20H23N3O3/c1-23(2)16-12-10-15(11-13-16)7-6-14-21-20(24)22-17-8-5-9-18(25-3)19(17)26-4/h5,8-13H,14H2,1-4H3,(H2,21,22,24). The molecule has 0 aliphatic heterocycles. The number of hydrogen-bond donors (Lipinski definition) is 2. The number of benzene rings is 2. The van der Waals surface area contributed by atoms with Crippen LogP contribution in [-0.4, -0.2) is 40.9 Å². The molecular formula is C20H23N3O3. The predicted octanol–water partition coefficient (Wildman–Crippen LogP) is 2.94. The maximum absolute atomic E-state index is 12.0. The van der Waals surface area contributed by atoms with Gasteiger partial charge in [-0.15, -0.1) is 0 Å². The van der Waals surface area contributed by atoms with E-state index < -0.39 is 0 Å². The molecule has 0 aromatic heterocycles. The second-order valence-corrected chi connectivity index (χ2v) is 5.59. The van der Waals surface area contributed by atoms with Crippen LogP contribution in [0.1, 0.15) is 5.56 Å². The molecule has 0 bridgehead atoms. The van der Waals surface area contributed by atoms with E-state index in [4.69, 9.17) is 9.47 Å². The molecule has 136 valence electrons. The van der Waals surface area contributed by atoms with Crippen LogP contribution < -0.4 is 25.0 Å². The van der Waals surface area contributed by atoms with Gasteiger partial charge in [0.05, 0.1) is 26.5 Å². The molecule has 0 fully saturated rings. The summed E-state index contributed by atoms with van der Waals surface area (Å²) in [6, 6.07) is 12.8. The highest BCUT2D eigenvalue weighted by molar-refractivity contribution is 5.91. The van der Waals surface area contributed by atoms with Crippen molar-refractivity contribution in [3.63, 3.8) is 0 Å². The summed E-state index contributed by atoms with van der Waals surface area (Å²) in [5.41, 5.74) is 2.53. The summed E-state index contributed by atoms with van der Waals surface area (Å²) in [4.78, 5) is 14.0. The predicted molar refractivity (Wildman–Crippen MR) is 104 cm³/mol. The largest absolute Gasteiger partial charge is 0.493 e. The molecule has 0 spiro atoms. The lowest BCUT2D eigenvalue weighted by Gasteiger charge is -2.13. The van der Waals surface area contributed by atoms with Crippen molar-refractivity contribution in [2.75, 3.05) is 45.1 Å². The number of methoxy groups -OCH3 is 2. The molecule has 6 nitrogen and oxygen atoms in total. The van der Waals surface area contributed by atoms with E-state index >= 15 is 0 Å². The van der Waals surface area contributed by atoms with Crippen molar-refractivity contribution in [1.82, 2.24) is 5.32 Å². The minimum absolute atomic E-state index is 0.230. The van der Waals surface area contributed by atoms with E-state index in [2.05, 4.69) is 22.5 Å². The average molecular weight is 353 g/mol. The zero-order valence-electron chi connectivity index (χ0n) is 15.4. The third-order valence-electron chi connectivity index (χ3n) is 3.60. The molecule has 2 aromatic carbocycles. The van der Waals surface area contributed by atoms with Gasteiger partial charge in [-0.1, -0.05) is 17.9 Å². The zero-order chi connectivity index (χ0) is 18.9. The minimum Gasteiger partial charge on any atom is -0.493 e. The smallest absolute Gasteiger partial charge is 0.320 e. The molecular weight excluding hydrogens is 330 g/mol. The van der Waals surface area contributed by atoms with Gasteiger partial charge < -0.3 is 25.0 Å². The number of nitrogens with zero attached hydrogens (tertiary/aromatic N) is 1. The number of rotatable bonds is 5. The summed E-state index contributed by atoms with van der Waals surface area (Å²) in [6.45, 7) is 0.230. The summed E-state index contributed by atoms with van der Waals surface area (Å²) in [5.74, 6) is 6.96. The Bertz CT molecular complexity index is 805. The Kier molecular flexibility index (Phi) is 6.75. The fraction of sp³-hybridized carbons (Fsp3) is 0.250. The van der Waals surface area contributed by atoms with Crippen molar-refractivity contribution in [3.05, 3.63) is 48.0 Å². The van der Waals surface area contributed by atoms with Crippen molar-refractivity contribution in [3.8, 4) is 23.3 Å². The number of urea groups is 1. The van der Waals surface area contributed by atoms with Crippen LogP contribution in [0.5, 0.6) is 11.5 Å². The monoisotopic (exact) mass is 353 g/mol. The van der Waals surface area contributed by atoms with E-state index in [0.717, 1.165) is 11.3 Å². The van der Waals surface area contributed by atoms with E-state index in [1.807, 2.05) is 43.3 Å². The number of para-hydroxylation sites is 1. The molecule has 6 heteroatoms. The second-order valence-electron chi connectivity index (χ2n) is 5.59. The number of anilines is 2. The number of nitrogens with one attached hydrogen (secondary N) is 2. The molecule has 0 aliphatic carbocycles. The quantitative estimate of drug-likeness (QED) is 0.812. The third-order valence-corrected chi connectivity index (χ3v) is 3.60. The lowest BCUT2D eigenvalue weighted by atomic mass is 10.2. The van der Waals surface area contributed by atoms with Gasteiger partial charge >= 0.3 is 6.03 Å². The Morgan fingerprint density at radius 2 is 1.81 bits per heavy atom. The van der Waals surface area contributed by atoms with Gasteiger partial charge in [-0.3, -0.25) is 0 Å². The topological polar surface area (TPSA) is 62.8 Å². The van der Waals surface area contributed by atoms with Crippen molar-refractivity contribution >= 4 is 17.4 Å². The number of amides is 2. The Morgan fingerprint density at radius 3 is 2.42 bits per heavy atom. The van der Waals surface area contributed by atoms with Gasteiger partial charge in [0.1, 0.15) is 0 Å². The fourth-order valence-corrected chi connectivity index (χ4v) is 2.27. The Hall–Kier alpha value is -3.33. The van der Waals surface area contributed by atoms with Gasteiger partial charge in [0.25, 0.3) is 0 Å². The van der Waals surface area contributed by atoms with Gasteiger partial charge in [-0.2, -0.15) is 0 Å². The SMILES string of the molecule is COc1cccc(NC(=O)NCC#Cc2ccc(N(C)C)cc2)c1OC. The third kappa shape index (κ3) is 5.08. The van der Waals surface area contributed by atoms with Crippen LogP contribution in [0.25, 0.3) is 0 Å². The van der Waals surface area contributed by atoms with E-state index in [0.29, 0.717) is 17.2 Å². The molecule has 2 amide bonds. The second kappa shape index (κ2) is 9.23. The maximum atomic E-state index is 12.0. The highest BCUT2D eigenvalue weighted by atomic mass is 16.5. The highest BCUT2D eigenvalue weighted by Crippen LogP contribution is 2.34. The molecule has 2 aromatic rings. The van der Waals surface area contributed by atoms with Crippen LogP contribution in [0.15, 0.2) is 42.5 Å². The highest BCUT2D eigenvalue weighted by Gasteiger charge is 2.11. The summed E-state index contributed by atoms with van der Waals surface area (Å²) in [6.07, 6.45) is 0. The first-order valence-corrected chi connectivity index (χ1v) is 8.07. The number of hydrogen-bond acceptors (Lipinski definition) is 4. The van der Waals surface area contributed by atoms with Crippen LogP contribution in [0, 0.1) is 11.8 Å². The van der Waals surface area contributed by atoms with Crippen molar-refractivity contribution in [1.29, 1.82) is 0 Å². The normalized spacial score (nSPS) is 9.54. The van der Waals surface area contributed by atoms with Crippen molar-refractivity contribution in [2.45, 2.75) is 0 Å². The van der Waals surface area contributed by atoms with Crippen LogP contribution in [-0.2, 0) is 0 Å². The van der Waals surface area contributed by atoms with Crippen molar-refractivity contribution in [2.24, 2.45) is 0 Å². The van der Waals surface area contributed by atoms with Crippen molar-refractivity contribution < 1.29 is 14.3 Å². The van der Waals surface area contributed by atoms with Gasteiger partial charge in [0.15, 0.2) is 11.5 Å². The van der Waals surface area contributed by atoms with E-state index in [9.17, 15) is 4.79 Å². The Labute approximate surface area is 154 Å². The first-order valence-electron chi connectivity index (χ1n) is 8.07. The zero-order valence-corrected chi connectivity index (χ0v) is 15.4. The van der Waals surface area contributed by atoms with E-state index in [-0.39, 0.29) is 12.6 Å². The average Bonchev–Trinajstić information content (AvgIpc) is 2.65. The number of ether oxygens (including phenoxy) is 2. The van der Waals surface area contributed by atoms with E-state index in [1.54, 1.807) is 25.3 Å². The summed E-state index contributed by atoms with van der Waals surface area (Å²) in [7, 11) is 7.04. The van der Waals surface area contributed by atoms with Crippen LogP contribution in [0.4, 0.5) is 16.2 Å².